The first kappa shape index (κ1) is 20.7. The normalized spacial score (nSPS) is 15.8. The fraction of sp³-hybridized carbons (Fsp3) is 0.167. The number of carbonyl (C=O) groups excluding carboxylic acids is 2. The molecule has 2 amide bonds. The van der Waals surface area contributed by atoms with Gasteiger partial charge in [0.25, 0.3) is 5.91 Å². The summed E-state index contributed by atoms with van der Waals surface area (Å²) in [7, 11) is 0. The number of imide groups is 1. The van der Waals surface area contributed by atoms with Crippen molar-refractivity contribution in [1.29, 1.82) is 0 Å². The van der Waals surface area contributed by atoms with E-state index in [2.05, 4.69) is 9.98 Å². The van der Waals surface area contributed by atoms with Gasteiger partial charge in [-0.15, -0.1) is 0 Å². The maximum absolute atomic E-state index is 13.0. The van der Waals surface area contributed by atoms with E-state index in [1.54, 1.807) is 39.1 Å². The van der Waals surface area contributed by atoms with Crippen LogP contribution in [0, 0.1) is 0 Å². The minimum absolute atomic E-state index is 0.184. The van der Waals surface area contributed by atoms with Gasteiger partial charge < -0.3 is 4.74 Å². The van der Waals surface area contributed by atoms with Crippen molar-refractivity contribution in [2.24, 2.45) is 4.99 Å². The third-order valence-electron chi connectivity index (χ3n) is 4.40. The van der Waals surface area contributed by atoms with Gasteiger partial charge in [0.05, 0.1) is 5.52 Å². The molecule has 0 saturated heterocycles. The zero-order chi connectivity index (χ0) is 22.0. The lowest BCUT2D eigenvalue weighted by Gasteiger charge is -2.23. The average Bonchev–Trinajstić information content (AvgIpc) is 3.33. The van der Waals surface area contributed by atoms with Crippen LogP contribution in [0.3, 0.4) is 0 Å². The summed E-state index contributed by atoms with van der Waals surface area (Å²) in [5.74, 6) is -0.304. The summed E-state index contributed by atoms with van der Waals surface area (Å²) in [4.78, 5) is 35.5. The van der Waals surface area contributed by atoms with Crippen LogP contribution in [0.15, 0.2) is 70.1 Å². The van der Waals surface area contributed by atoms with Crippen LogP contribution in [0.4, 0.5) is 4.79 Å². The van der Waals surface area contributed by atoms with Gasteiger partial charge in [0.15, 0.2) is 0 Å². The molecule has 0 saturated carbocycles. The number of rotatable bonds is 3. The Labute approximate surface area is 184 Å². The van der Waals surface area contributed by atoms with Gasteiger partial charge in [-0.1, -0.05) is 24.3 Å². The molecule has 4 rings (SSSR count). The van der Waals surface area contributed by atoms with Crippen LogP contribution in [-0.4, -0.2) is 33.3 Å². The van der Waals surface area contributed by atoms with Gasteiger partial charge in [0.2, 0.25) is 0 Å². The second-order valence-corrected chi connectivity index (χ2v) is 8.71. The number of thiophene rings is 1. The molecule has 0 radical (unpaired) electrons. The summed E-state index contributed by atoms with van der Waals surface area (Å²) < 4.78 is 5.44. The van der Waals surface area contributed by atoms with Crippen LogP contribution in [0.2, 0.25) is 0 Å². The Balaban J connectivity index is 1.72. The molecule has 0 N–H and O–H groups in total. The number of benzene rings is 1. The number of hydrogen-bond acceptors (Lipinski definition) is 6. The van der Waals surface area contributed by atoms with Crippen molar-refractivity contribution in [3.63, 3.8) is 0 Å². The molecule has 0 unspecified atom stereocenters. The molecule has 0 atom stereocenters. The van der Waals surface area contributed by atoms with E-state index in [9.17, 15) is 9.59 Å². The highest BCUT2D eigenvalue weighted by molar-refractivity contribution is 7.08. The molecule has 0 fully saturated rings. The number of ether oxygens (including phenoxy) is 1. The first-order valence-corrected chi connectivity index (χ1v) is 10.7. The number of pyridine rings is 1. The Kier molecular flexibility index (Phi) is 5.52. The molecule has 0 bridgehead atoms. The summed E-state index contributed by atoms with van der Waals surface area (Å²) in [5.41, 5.74) is 2.05. The first-order chi connectivity index (χ1) is 14.8. The van der Waals surface area contributed by atoms with E-state index in [0.29, 0.717) is 0 Å². The molecule has 7 heteroatoms. The number of hydrogen-bond donors (Lipinski definition) is 0. The van der Waals surface area contributed by atoms with Gasteiger partial charge >= 0.3 is 6.09 Å². The van der Waals surface area contributed by atoms with Crippen LogP contribution in [0.25, 0.3) is 23.1 Å². The fourth-order valence-corrected chi connectivity index (χ4v) is 3.70. The largest absolute Gasteiger partial charge is 0.443 e. The number of amidine groups is 1. The lowest BCUT2D eigenvalue weighted by atomic mass is 10.1. The van der Waals surface area contributed by atoms with E-state index >= 15 is 0 Å². The van der Waals surface area contributed by atoms with Crippen molar-refractivity contribution >= 4 is 52.2 Å². The van der Waals surface area contributed by atoms with Gasteiger partial charge in [0, 0.05) is 11.6 Å². The molecule has 3 aromatic rings. The zero-order valence-corrected chi connectivity index (χ0v) is 18.2. The monoisotopic (exact) mass is 431 g/mol. The SMILES string of the molecule is CC(C)(C)OC(=O)N1C(=O)/C(=C/c2ccsc2)N=C1/C=C/c1cccc2ncccc12. The van der Waals surface area contributed by atoms with Gasteiger partial charge in [-0.25, -0.2) is 9.79 Å². The lowest BCUT2D eigenvalue weighted by Crippen LogP contribution is -2.41. The first-order valence-electron chi connectivity index (χ1n) is 9.74. The van der Waals surface area contributed by atoms with Gasteiger partial charge in [-0.3, -0.25) is 9.78 Å². The molecule has 31 heavy (non-hydrogen) atoms. The van der Waals surface area contributed by atoms with Crippen molar-refractivity contribution in [3.05, 3.63) is 76.3 Å². The maximum Gasteiger partial charge on any atom is 0.423 e. The molecule has 156 valence electrons. The minimum Gasteiger partial charge on any atom is -0.443 e. The Morgan fingerprint density at radius 3 is 2.71 bits per heavy atom. The van der Waals surface area contributed by atoms with Crippen molar-refractivity contribution in [2.75, 3.05) is 0 Å². The van der Waals surface area contributed by atoms with E-state index in [1.165, 1.54) is 11.3 Å². The summed E-state index contributed by atoms with van der Waals surface area (Å²) in [6.45, 7) is 5.26. The van der Waals surface area contributed by atoms with Crippen LogP contribution >= 0.6 is 11.3 Å². The fourth-order valence-electron chi connectivity index (χ4n) is 3.08. The van der Waals surface area contributed by atoms with Crippen molar-refractivity contribution in [3.8, 4) is 0 Å². The van der Waals surface area contributed by atoms with Crippen LogP contribution in [0.5, 0.6) is 0 Å². The quantitative estimate of drug-likeness (QED) is 0.512. The minimum atomic E-state index is -0.755. The molecular weight excluding hydrogens is 410 g/mol. The summed E-state index contributed by atoms with van der Waals surface area (Å²) in [5, 5.41) is 4.78. The average molecular weight is 432 g/mol. The number of nitrogens with zero attached hydrogens (tertiary/aromatic N) is 3. The Morgan fingerprint density at radius 2 is 1.97 bits per heavy atom. The molecule has 0 aliphatic carbocycles. The topological polar surface area (TPSA) is 71.9 Å². The smallest absolute Gasteiger partial charge is 0.423 e. The van der Waals surface area contributed by atoms with E-state index in [1.807, 2.05) is 53.2 Å². The van der Waals surface area contributed by atoms with Gasteiger partial charge in [-0.05, 0) is 73.0 Å². The molecule has 2 aromatic heterocycles. The molecule has 6 nitrogen and oxygen atoms in total. The molecule has 1 aromatic carbocycles. The zero-order valence-electron chi connectivity index (χ0n) is 17.4. The van der Waals surface area contributed by atoms with E-state index < -0.39 is 17.6 Å². The second-order valence-electron chi connectivity index (χ2n) is 7.93. The predicted octanol–water partition coefficient (Wildman–Crippen LogP) is 5.53. The number of carbonyl (C=O) groups is 2. The Hall–Kier alpha value is -3.58. The highest BCUT2D eigenvalue weighted by Crippen LogP contribution is 2.24. The second kappa shape index (κ2) is 8.28. The summed E-state index contributed by atoms with van der Waals surface area (Å²) >= 11 is 1.52. The lowest BCUT2D eigenvalue weighted by molar-refractivity contribution is -0.122. The highest BCUT2D eigenvalue weighted by Gasteiger charge is 2.37. The number of aromatic nitrogens is 1. The van der Waals surface area contributed by atoms with Crippen molar-refractivity contribution in [1.82, 2.24) is 9.88 Å². The summed E-state index contributed by atoms with van der Waals surface area (Å²) in [6, 6.07) is 11.5. The molecule has 1 aliphatic rings. The molecular formula is C24H21N3O3S. The van der Waals surface area contributed by atoms with Crippen molar-refractivity contribution in [2.45, 2.75) is 26.4 Å². The maximum atomic E-state index is 13.0. The standard InChI is InChI=1S/C24H21N3O3S/c1-24(2,3)30-23(29)27-21(26-20(22(27)28)14-16-11-13-31-15-16)10-9-17-6-4-8-19-18(17)7-5-12-25-19/h4-15H,1-3H3/b10-9+,20-14-. The van der Waals surface area contributed by atoms with Gasteiger partial charge in [-0.2, -0.15) is 16.2 Å². The summed E-state index contributed by atoms with van der Waals surface area (Å²) in [6.07, 6.45) is 6.12. The van der Waals surface area contributed by atoms with E-state index in [-0.39, 0.29) is 11.5 Å². The number of amides is 2. The van der Waals surface area contributed by atoms with Crippen LogP contribution in [0.1, 0.15) is 31.9 Å². The third-order valence-corrected chi connectivity index (χ3v) is 5.10. The molecule has 3 heterocycles. The van der Waals surface area contributed by atoms with Crippen LogP contribution in [-0.2, 0) is 9.53 Å². The van der Waals surface area contributed by atoms with E-state index in [0.717, 1.165) is 26.9 Å². The third kappa shape index (κ3) is 4.62. The molecule has 1 aliphatic heterocycles. The highest BCUT2D eigenvalue weighted by atomic mass is 32.1. The number of fused-ring (bicyclic) bond motifs is 1. The molecule has 0 spiro atoms. The van der Waals surface area contributed by atoms with Crippen molar-refractivity contribution < 1.29 is 14.3 Å². The Bertz CT molecular complexity index is 1230. The van der Waals surface area contributed by atoms with E-state index in [4.69, 9.17) is 4.74 Å². The number of aliphatic imine (C=N–C) groups is 1. The van der Waals surface area contributed by atoms with Gasteiger partial charge in [0.1, 0.15) is 17.1 Å². The predicted molar refractivity (Wildman–Crippen MR) is 124 cm³/mol. The van der Waals surface area contributed by atoms with Crippen LogP contribution < -0.4 is 0 Å². The Morgan fingerprint density at radius 1 is 1.13 bits per heavy atom.